The van der Waals surface area contributed by atoms with Gasteiger partial charge in [-0.25, -0.2) is 4.68 Å². The number of aromatic nitrogens is 5. The van der Waals surface area contributed by atoms with Gasteiger partial charge in [0.2, 0.25) is 5.95 Å². The minimum absolute atomic E-state index is 0.123. The van der Waals surface area contributed by atoms with Crippen molar-refractivity contribution in [2.45, 2.75) is 24.7 Å². The average Bonchev–Trinajstić information content (AvgIpc) is 2.93. The molecule has 20 heavy (non-hydrogen) atoms. The van der Waals surface area contributed by atoms with E-state index in [1.165, 1.54) is 4.68 Å². The standard InChI is InChI=1S/C10H14N6O3S/c11-10-12-8-5(9(20)13-10)14-15-16(8)4-1-3(2-17)6(18)7(4)19/h3-4,6-7,17-19H,1-2H2,(H3,11,12,13,20). The number of rotatable bonds is 2. The second-order valence-electron chi connectivity index (χ2n) is 4.88. The number of H-pyrrole nitrogens is 1. The van der Waals surface area contributed by atoms with Gasteiger partial charge < -0.3 is 26.0 Å². The lowest BCUT2D eigenvalue weighted by molar-refractivity contribution is -0.00511. The molecule has 0 radical (unpaired) electrons. The lowest BCUT2D eigenvalue weighted by Crippen LogP contribution is -2.30. The zero-order valence-corrected chi connectivity index (χ0v) is 11.2. The molecule has 1 aliphatic rings. The summed E-state index contributed by atoms with van der Waals surface area (Å²) in [6.07, 6.45) is -1.71. The molecule has 108 valence electrons. The van der Waals surface area contributed by atoms with E-state index in [1.807, 2.05) is 0 Å². The molecule has 0 aromatic carbocycles. The van der Waals surface area contributed by atoms with Crippen LogP contribution in [-0.4, -0.2) is 59.1 Å². The topological polar surface area (TPSA) is 146 Å². The number of aromatic amines is 1. The van der Waals surface area contributed by atoms with Crippen molar-refractivity contribution in [3.8, 4) is 0 Å². The van der Waals surface area contributed by atoms with Crippen LogP contribution in [-0.2, 0) is 0 Å². The normalized spacial score (nSPS) is 30.1. The Labute approximate surface area is 118 Å². The van der Waals surface area contributed by atoms with Gasteiger partial charge >= 0.3 is 0 Å². The highest BCUT2D eigenvalue weighted by molar-refractivity contribution is 7.71. The first-order chi connectivity index (χ1) is 9.52. The quantitative estimate of drug-likeness (QED) is 0.432. The van der Waals surface area contributed by atoms with Gasteiger partial charge in [0.05, 0.1) is 12.1 Å². The molecule has 1 aliphatic carbocycles. The SMILES string of the molecule is Nc1nc2c(nnn2C2CC(CO)C(O)C2O)c(=S)[nH]1. The number of hydrogen-bond donors (Lipinski definition) is 5. The Kier molecular flexibility index (Phi) is 3.17. The molecular weight excluding hydrogens is 284 g/mol. The number of anilines is 1. The van der Waals surface area contributed by atoms with E-state index in [1.54, 1.807) is 0 Å². The maximum Gasteiger partial charge on any atom is 0.200 e. The molecule has 2 heterocycles. The molecule has 9 nitrogen and oxygen atoms in total. The Morgan fingerprint density at radius 2 is 2.15 bits per heavy atom. The van der Waals surface area contributed by atoms with Gasteiger partial charge in [-0.3, -0.25) is 0 Å². The summed E-state index contributed by atoms with van der Waals surface area (Å²) in [5.74, 6) is -0.289. The van der Waals surface area contributed by atoms with Gasteiger partial charge in [0.15, 0.2) is 11.2 Å². The fourth-order valence-corrected chi connectivity index (χ4v) is 2.84. The zero-order chi connectivity index (χ0) is 14.4. The van der Waals surface area contributed by atoms with E-state index >= 15 is 0 Å². The Bertz CT molecular complexity index is 700. The molecular formula is C10H14N6O3S. The van der Waals surface area contributed by atoms with Gasteiger partial charge in [-0.1, -0.05) is 17.4 Å². The predicted molar refractivity (Wildman–Crippen MR) is 71.2 cm³/mol. The van der Waals surface area contributed by atoms with E-state index in [9.17, 15) is 15.3 Å². The van der Waals surface area contributed by atoms with Gasteiger partial charge in [-0.05, 0) is 6.42 Å². The van der Waals surface area contributed by atoms with Gasteiger partial charge in [-0.15, -0.1) is 5.10 Å². The van der Waals surface area contributed by atoms with Crippen LogP contribution < -0.4 is 5.73 Å². The molecule has 4 unspecified atom stereocenters. The van der Waals surface area contributed by atoms with Crippen molar-refractivity contribution in [2.24, 2.45) is 5.92 Å². The Morgan fingerprint density at radius 1 is 1.40 bits per heavy atom. The van der Waals surface area contributed by atoms with Crippen LogP contribution in [0.3, 0.4) is 0 Å². The number of nitrogen functional groups attached to an aromatic ring is 1. The molecule has 0 amide bonds. The first-order valence-corrected chi connectivity index (χ1v) is 6.51. The van der Waals surface area contributed by atoms with Crippen LogP contribution in [0.4, 0.5) is 5.95 Å². The summed E-state index contributed by atoms with van der Waals surface area (Å²) in [5, 5.41) is 37.0. The Morgan fingerprint density at radius 3 is 2.80 bits per heavy atom. The number of aliphatic hydroxyl groups is 3. The lowest BCUT2D eigenvalue weighted by Gasteiger charge is -2.16. The van der Waals surface area contributed by atoms with Crippen molar-refractivity contribution >= 4 is 29.3 Å². The van der Waals surface area contributed by atoms with E-state index in [0.717, 1.165) is 0 Å². The van der Waals surface area contributed by atoms with E-state index in [-0.39, 0.29) is 12.6 Å². The van der Waals surface area contributed by atoms with E-state index in [0.29, 0.717) is 22.2 Å². The lowest BCUT2D eigenvalue weighted by atomic mass is 10.1. The van der Waals surface area contributed by atoms with Crippen LogP contribution in [0.2, 0.25) is 0 Å². The van der Waals surface area contributed by atoms with Crippen LogP contribution in [0, 0.1) is 10.6 Å². The largest absolute Gasteiger partial charge is 0.396 e. The summed E-state index contributed by atoms with van der Waals surface area (Å²) >= 11 is 5.08. The molecule has 0 aliphatic heterocycles. The van der Waals surface area contributed by atoms with Crippen LogP contribution in [0.25, 0.3) is 11.2 Å². The zero-order valence-electron chi connectivity index (χ0n) is 10.3. The van der Waals surface area contributed by atoms with Crippen molar-refractivity contribution in [3.05, 3.63) is 4.64 Å². The van der Waals surface area contributed by atoms with Crippen molar-refractivity contribution in [1.29, 1.82) is 0 Å². The second-order valence-corrected chi connectivity index (χ2v) is 5.29. The maximum absolute atomic E-state index is 10.1. The predicted octanol–water partition coefficient (Wildman–Crippen LogP) is -1.26. The minimum Gasteiger partial charge on any atom is -0.396 e. The van der Waals surface area contributed by atoms with Gasteiger partial charge in [-0.2, -0.15) is 4.98 Å². The molecule has 0 bridgehead atoms. The Hall–Kier alpha value is -1.62. The number of hydrogen-bond acceptors (Lipinski definition) is 8. The molecule has 6 N–H and O–H groups in total. The molecule has 0 saturated heterocycles. The van der Waals surface area contributed by atoms with Crippen LogP contribution in [0.5, 0.6) is 0 Å². The highest BCUT2D eigenvalue weighted by Crippen LogP contribution is 2.35. The van der Waals surface area contributed by atoms with Crippen molar-refractivity contribution in [1.82, 2.24) is 25.0 Å². The third-order valence-corrected chi connectivity index (χ3v) is 3.97. The molecule has 3 rings (SSSR count). The summed E-state index contributed by atoms with van der Waals surface area (Å²) in [4.78, 5) is 6.76. The van der Waals surface area contributed by atoms with Gasteiger partial charge in [0.1, 0.15) is 10.7 Å². The van der Waals surface area contributed by atoms with E-state index in [4.69, 9.17) is 18.0 Å². The first kappa shape index (κ1) is 13.4. The molecule has 0 spiro atoms. The molecule has 4 atom stereocenters. The van der Waals surface area contributed by atoms with E-state index in [2.05, 4.69) is 20.3 Å². The fourth-order valence-electron chi connectivity index (χ4n) is 2.60. The van der Waals surface area contributed by atoms with Gasteiger partial charge in [0.25, 0.3) is 0 Å². The van der Waals surface area contributed by atoms with Crippen molar-refractivity contribution in [2.75, 3.05) is 12.3 Å². The smallest absolute Gasteiger partial charge is 0.200 e. The maximum atomic E-state index is 10.1. The van der Waals surface area contributed by atoms with Crippen LogP contribution in [0.15, 0.2) is 0 Å². The number of nitrogens with two attached hydrogens (primary N) is 1. The number of nitrogens with one attached hydrogen (secondary N) is 1. The number of nitrogens with zero attached hydrogens (tertiary/aromatic N) is 4. The van der Waals surface area contributed by atoms with Crippen LogP contribution in [0.1, 0.15) is 12.5 Å². The Balaban J connectivity index is 2.09. The molecule has 10 heteroatoms. The highest BCUT2D eigenvalue weighted by atomic mass is 32.1. The minimum atomic E-state index is -1.06. The van der Waals surface area contributed by atoms with Gasteiger partial charge in [0, 0.05) is 12.5 Å². The summed E-state index contributed by atoms with van der Waals surface area (Å²) in [6.45, 7) is -0.211. The summed E-state index contributed by atoms with van der Waals surface area (Å²) < 4.78 is 1.71. The first-order valence-electron chi connectivity index (χ1n) is 6.10. The third kappa shape index (κ3) is 1.88. The fraction of sp³-hybridized carbons (Fsp3) is 0.600. The van der Waals surface area contributed by atoms with Crippen LogP contribution >= 0.6 is 12.2 Å². The van der Waals surface area contributed by atoms with E-state index < -0.39 is 24.2 Å². The summed E-state index contributed by atoms with van der Waals surface area (Å²) in [5.41, 5.74) is 6.34. The average molecular weight is 298 g/mol. The summed E-state index contributed by atoms with van der Waals surface area (Å²) in [7, 11) is 0. The van der Waals surface area contributed by atoms with Crippen molar-refractivity contribution in [3.63, 3.8) is 0 Å². The molecule has 1 fully saturated rings. The summed E-state index contributed by atoms with van der Waals surface area (Å²) in [6, 6.07) is -0.532. The second kappa shape index (κ2) is 4.74. The monoisotopic (exact) mass is 298 g/mol. The number of fused-ring (bicyclic) bond motifs is 1. The van der Waals surface area contributed by atoms with Crippen molar-refractivity contribution < 1.29 is 15.3 Å². The molecule has 2 aromatic heterocycles. The number of aliphatic hydroxyl groups excluding tert-OH is 3. The third-order valence-electron chi connectivity index (χ3n) is 3.67. The highest BCUT2D eigenvalue weighted by Gasteiger charge is 2.43. The molecule has 2 aromatic rings. The molecule has 1 saturated carbocycles.